The first kappa shape index (κ1) is 15.8. The molecule has 0 bridgehead atoms. The average molecular weight is 344 g/mol. The molecule has 5 nitrogen and oxygen atoms in total. The van der Waals surface area contributed by atoms with E-state index in [1.54, 1.807) is 13.4 Å². The number of hydrogen-bond acceptors (Lipinski definition) is 6. The van der Waals surface area contributed by atoms with Gasteiger partial charge < -0.3 is 9.64 Å². The van der Waals surface area contributed by atoms with Crippen LogP contribution in [0.15, 0.2) is 24.5 Å². The van der Waals surface area contributed by atoms with Crippen LogP contribution in [0.4, 0.5) is 5.82 Å². The van der Waals surface area contributed by atoms with Gasteiger partial charge in [0.15, 0.2) is 0 Å². The van der Waals surface area contributed by atoms with Gasteiger partial charge in [-0.25, -0.2) is 9.97 Å². The van der Waals surface area contributed by atoms with Gasteiger partial charge >= 0.3 is 0 Å². The molecule has 0 N–H and O–H groups in total. The Morgan fingerprint density at radius 2 is 2.12 bits per heavy atom. The van der Waals surface area contributed by atoms with Crippen molar-refractivity contribution in [2.45, 2.75) is 44.8 Å². The summed E-state index contributed by atoms with van der Waals surface area (Å²) in [7, 11) is 1.66. The molecule has 2 fully saturated rings. The fraction of sp³-hybridized carbons (Fsp3) is 0.556. The molecule has 1 saturated carbocycles. The molecule has 128 valence electrons. The molecule has 24 heavy (non-hydrogen) atoms. The Morgan fingerprint density at radius 3 is 2.83 bits per heavy atom. The summed E-state index contributed by atoms with van der Waals surface area (Å²) in [6.07, 6.45) is 5.36. The fourth-order valence-corrected chi connectivity index (χ4v) is 4.51. The molecule has 2 aromatic heterocycles. The number of anilines is 1. The third-order valence-electron chi connectivity index (χ3n) is 4.86. The highest BCUT2D eigenvalue weighted by atomic mass is 32.1. The summed E-state index contributed by atoms with van der Waals surface area (Å²) < 4.78 is 5.28. The monoisotopic (exact) mass is 344 g/mol. The highest BCUT2D eigenvalue weighted by molar-refractivity contribution is 7.11. The molecule has 0 spiro atoms. The molecule has 4 rings (SSSR count). The molecule has 0 aromatic carbocycles. The molecule has 0 radical (unpaired) electrons. The Hall–Kier alpha value is -1.66. The van der Waals surface area contributed by atoms with Crippen LogP contribution in [-0.4, -0.2) is 47.2 Å². The Morgan fingerprint density at radius 1 is 1.25 bits per heavy atom. The van der Waals surface area contributed by atoms with Crippen molar-refractivity contribution in [3.63, 3.8) is 0 Å². The van der Waals surface area contributed by atoms with Crippen LogP contribution in [-0.2, 0) is 6.54 Å². The van der Waals surface area contributed by atoms with Crippen molar-refractivity contribution < 1.29 is 4.74 Å². The van der Waals surface area contributed by atoms with E-state index in [1.807, 2.05) is 17.4 Å². The molecule has 1 aliphatic heterocycles. The highest BCUT2D eigenvalue weighted by Crippen LogP contribution is 2.36. The summed E-state index contributed by atoms with van der Waals surface area (Å²) >= 11 is 1.91. The lowest BCUT2D eigenvalue weighted by Gasteiger charge is -2.30. The smallest absolute Gasteiger partial charge is 0.218 e. The van der Waals surface area contributed by atoms with Gasteiger partial charge in [0.2, 0.25) is 5.88 Å². The van der Waals surface area contributed by atoms with E-state index < -0.39 is 0 Å². The van der Waals surface area contributed by atoms with Crippen molar-refractivity contribution in [1.82, 2.24) is 14.9 Å². The largest absolute Gasteiger partial charge is 0.481 e. The molecular formula is C18H24N4OS. The minimum atomic E-state index is 0.540. The van der Waals surface area contributed by atoms with Gasteiger partial charge in [-0.15, -0.1) is 11.3 Å². The number of nitrogens with zero attached hydrogens (tertiary/aromatic N) is 4. The predicted molar refractivity (Wildman–Crippen MR) is 96.8 cm³/mol. The van der Waals surface area contributed by atoms with Crippen molar-refractivity contribution in [3.8, 4) is 5.88 Å². The van der Waals surface area contributed by atoms with Gasteiger partial charge in [0.1, 0.15) is 12.1 Å². The normalized spacial score (nSPS) is 21.2. The van der Waals surface area contributed by atoms with Crippen molar-refractivity contribution in [2.24, 2.45) is 0 Å². The molecule has 1 unspecified atom stereocenters. The molecule has 3 heterocycles. The van der Waals surface area contributed by atoms with E-state index in [9.17, 15) is 0 Å². The topological polar surface area (TPSA) is 41.5 Å². The van der Waals surface area contributed by atoms with Crippen molar-refractivity contribution >= 4 is 17.2 Å². The van der Waals surface area contributed by atoms with Crippen LogP contribution in [0, 0.1) is 6.92 Å². The summed E-state index contributed by atoms with van der Waals surface area (Å²) in [5.41, 5.74) is 0. The minimum absolute atomic E-state index is 0.540. The highest BCUT2D eigenvalue weighted by Gasteiger charge is 2.38. The lowest BCUT2D eigenvalue weighted by molar-refractivity contribution is 0.327. The quantitative estimate of drug-likeness (QED) is 0.805. The Balaban J connectivity index is 1.46. The third kappa shape index (κ3) is 3.39. The van der Waals surface area contributed by atoms with Gasteiger partial charge in [-0.05, 0) is 38.3 Å². The number of thiophene rings is 1. The van der Waals surface area contributed by atoms with Crippen molar-refractivity contribution in [2.75, 3.05) is 25.1 Å². The molecule has 0 amide bonds. The second-order valence-electron chi connectivity index (χ2n) is 6.75. The lowest BCUT2D eigenvalue weighted by Crippen LogP contribution is -2.39. The van der Waals surface area contributed by atoms with Crippen LogP contribution < -0.4 is 9.64 Å². The number of aromatic nitrogens is 2. The fourth-order valence-electron chi connectivity index (χ4n) is 3.58. The van der Waals surface area contributed by atoms with E-state index in [0.29, 0.717) is 18.0 Å². The van der Waals surface area contributed by atoms with Crippen LogP contribution in [0.25, 0.3) is 0 Å². The molecule has 2 aromatic rings. The first-order valence-electron chi connectivity index (χ1n) is 8.65. The van der Waals surface area contributed by atoms with Gasteiger partial charge in [-0.2, -0.15) is 0 Å². The standard InChI is InChI=1S/C18H24N4OS/c1-13-3-6-16(24-13)11-21-8-7-15(10-21)22(14-4-5-14)17-9-18(23-2)20-12-19-17/h3,6,9,12,14-15H,4-5,7-8,10-11H2,1-2H3. The zero-order valence-corrected chi connectivity index (χ0v) is 15.1. The second kappa shape index (κ2) is 6.69. The van der Waals surface area contributed by atoms with E-state index >= 15 is 0 Å². The van der Waals surface area contributed by atoms with Gasteiger partial charge in [0.05, 0.1) is 7.11 Å². The Labute approximate surface area is 147 Å². The van der Waals surface area contributed by atoms with Crippen molar-refractivity contribution in [3.05, 3.63) is 34.3 Å². The third-order valence-corrected chi connectivity index (χ3v) is 5.84. The van der Waals surface area contributed by atoms with Crippen LogP contribution in [0.1, 0.15) is 29.0 Å². The van der Waals surface area contributed by atoms with Crippen LogP contribution in [0.2, 0.25) is 0 Å². The Bertz CT molecular complexity index is 700. The van der Waals surface area contributed by atoms with Crippen LogP contribution >= 0.6 is 11.3 Å². The van der Waals surface area contributed by atoms with E-state index in [4.69, 9.17) is 4.74 Å². The van der Waals surface area contributed by atoms with Gasteiger partial charge in [0, 0.05) is 47.5 Å². The maximum atomic E-state index is 5.28. The van der Waals surface area contributed by atoms with E-state index in [0.717, 1.165) is 25.5 Å². The molecule has 6 heteroatoms. The maximum absolute atomic E-state index is 5.28. The van der Waals surface area contributed by atoms with Gasteiger partial charge in [-0.3, -0.25) is 4.90 Å². The zero-order chi connectivity index (χ0) is 16.5. The van der Waals surface area contributed by atoms with Gasteiger partial charge in [-0.1, -0.05) is 0 Å². The molecule has 2 aliphatic rings. The van der Waals surface area contributed by atoms with E-state index in [-0.39, 0.29) is 0 Å². The summed E-state index contributed by atoms with van der Waals surface area (Å²) in [5, 5.41) is 0. The van der Waals surface area contributed by atoms with Gasteiger partial charge in [0.25, 0.3) is 0 Å². The number of hydrogen-bond donors (Lipinski definition) is 0. The Kier molecular flexibility index (Phi) is 4.41. The molecular weight excluding hydrogens is 320 g/mol. The second-order valence-corrected chi connectivity index (χ2v) is 8.12. The first-order chi connectivity index (χ1) is 11.7. The van der Waals surface area contributed by atoms with Crippen LogP contribution in [0.3, 0.4) is 0 Å². The first-order valence-corrected chi connectivity index (χ1v) is 9.46. The lowest BCUT2D eigenvalue weighted by atomic mass is 10.2. The van der Waals surface area contributed by atoms with Crippen molar-refractivity contribution in [1.29, 1.82) is 0 Å². The predicted octanol–water partition coefficient (Wildman–Crippen LogP) is 3.10. The summed E-state index contributed by atoms with van der Waals surface area (Å²) in [6.45, 7) is 5.52. The van der Waals surface area contributed by atoms with E-state index in [2.05, 4.69) is 38.8 Å². The molecule has 1 atom stereocenters. The maximum Gasteiger partial charge on any atom is 0.218 e. The molecule has 1 aliphatic carbocycles. The summed E-state index contributed by atoms with van der Waals surface area (Å²) in [5.74, 6) is 1.66. The average Bonchev–Trinajstić information content (AvgIpc) is 3.18. The zero-order valence-electron chi connectivity index (χ0n) is 14.3. The SMILES string of the molecule is COc1cc(N(C2CC2)C2CCN(Cc3ccc(C)s3)C2)ncn1. The molecule has 1 saturated heterocycles. The summed E-state index contributed by atoms with van der Waals surface area (Å²) in [6, 6.07) is 7.64. The number of ether oxygens (including phenoxy) is 1. The van der Waals surface area contributed by atoms with E-state index in [1.165, 1.54) is 29.0 Å². The minimum Gasteiger partial charge on any atom is -0.481 e. The summed E-state index contributed by atoms with van der Waals surface area (Å²) in [4.78, 5) is 16.6. The van der Waals surface area contributed by atoms with Crippen LogP contribution in [0.5, 0.6) is 5.88 Å². The number of methoxy groups -OCH3 is 1. The number of likely N-dealkylation sites (tertiary alicyclic amines) is 1. The number of aryl methyl sites for hydroxylation is 1. The number of rotatable bonds is 6.